The Morgan fingerprint density at radius 2 is 1.06 bits per heavy atom. The molecule has 2 aromatic rings. The molecule has 1 aliphatic carbocycles. The van der Waals surface area contributed by atoms with E-state index in [0.29, 0.717) is 28.3 Å². The standard InChI is InChI=1S/C20H23O4P.C6H13N/c1-11-7-13(3)17(14(4)8-11)19(21)25(23,24)20(22)18-15(5)9-12(2)10-16(18)6;7-6-4-2-1-3-5-6/h7-10H,1-6H3,(H,23,24);6H,1-5,7H2. The molecule has 2 aromatic carbocycles. The highest BCUT2D eigenvalue weighted by Crippen LogP contribution is 2.49. The van der Waals surface area contributed by atoms with Crippen molar-refractivity contribution in [3.63, 3.8) is 0 Å². The Morgan fingerprint density at radius 1 is 0.750 bits per heavy atom. The van der Waals surface area contributed by atoms with Crippen molar-refractivity contribution in [2.75, 3.05) is 0 Å². The van der Waals surface area contributed by atoms with Gasteiger partial charge in [-0.15, -0.1) is 0 Å². The number of rotatable bonds is 4. The zero-order chi connectivity index (χ0) is 24.2. The topological polar surface area (TPSA) is 97.5 Å². The Hall–Kier alpha value is -2.07. The Balaban J connectivity index is 0.000000439. The summed E-state index contributed by atoms with van der Waals surface area (Å²) in [5.41, 5.74) is 8.27. The van der Waals surface area contributed by atoms with Gasteiger partial charge in [-0.1, -0.05) is 54.7 Å². The first-order valence-electron chi connectivity index (χ1n) is 11.2. The highest BCUT2D eigenvalue weighted by Gasteiger charge is 2.41. The molecule has 6 heteroatoms. The third kappa shape index (κ3) is 6.04. The van der Waals surface area contributed by atoms with Crippen molar-refractivity contribution in [3.05, 3.63) is 68.8 Å². The van der Waals surface area contributed by atoms with E-state index in [-0.39, 0.29) is 11.1 Å². The summed E-state index contributed by atoms with van der Waals surface area (Å²) in [5, 5.41) is 0. The van der Waals surface area contributed by atoms with E-state index in [0.717, 1.165) is 11.1 Å². The van der Waals surface area contributed by atoms with Crippen LogP contribution in [0.4, 0.5) is 0 Å². The van der Waals surface area contributed by atoms with Gasteiger partial charge in [0.1, 0.15) is 0 Å². The molecule has 0 aromatic heterocycles. The minimum absolute atomic E-state index is 0.159. The van der Waals surface area contributed by atoms with E-state index in [1.807, 2.05) is 13.8 Å². The highest BCUT2D eigenvalue weighted by molar-refractivity contribution is 7.91. The molecule has 1 fully saturated rings. The van der Waals surface area contributed by atoms with Crippen molar-refractivity contribution in [1.82, 2.24) is 0 Å². The fourth-order valence-electron chi connectivity index (χ4n) is 4.56. The number of carbonyl (C=O) groups is 2. The molecule has 0 radical (unpaired) electrons. The Morgan fingerprint density at radius 3 is 1.31 bits per heavy atom. The van der Waals surface area contributed by atoms with Gasteiger partial charge >= 0.3 is 7.37 Å². The average molecular weight is 458 g/mol. The average Bonchev–Trinajstić information content (AvgIpc) is 2.67. The molecule has 0 aliphatic heterocycles. The van der Waals surface area contributed by atoms with Crippen molar-refractivity contribution < 1.29 is 19.0 Å². The number of nitrogens with two attached hydrogens (primary N) is 1. The molecule has 0 heterocycles. The van der Waals surface area contributed by atoms with Crippen LogP contribution in [-0.4, -0.2) is 22.0 Å². The summed E-state index contributed by atoms with van der Waals surface area (Å²) in [4.78, 5) is 36.0. The summed E-state index contributed by atoms with van der Waals surface area (Å²) in [6.07, 6.45) is 6.66. The molecule has 32 heavy (non-hydrogen) atoms. The summed E-state index contributed by atoms with van der Waals surface area (Å²) >= 11 is 0. The van der Waals surface area contributed by atoms with Gasteiger partial charge in [-0.25, -0.2) is 0 Å². The van der Waals surface area contributed by atoms with Gasteiger partial charge < -0.3 is 10.6 Å². The summed E-state index contributed by atoms with van der Waals surface area (Å²) in [7, 11) is -4.73. The number of hydrogen-bond donors (Lipinski definition) is 2. The van der Waals surface area contributed by atoms with Gasteiger partial charge in [0, 0.05) is 17.2 Å². The van der Waals surface area contributed by atoms with Crippen molar-refractivity contribution in [2.24, 2.45) is 5.73 Å². The van der Waals surface area contributed by atoms with Gasteiger partial charge in [-0.3, -0.25) is 14.2 Å². The lowest BCUT2D eigenvalue weighted by Gasteiger charge is -2.16. The molecule has 0 saturated heterocycles. The summed E-state index contributed by atoms with van der Waals surface area (Å²) in [5.74, 6) is 0. The van der Waals surface area contributed by atoms with E-state index < -0.39 is 18.4 Å². The van der Waals surface area contributed by atoms with Gasteiger partial charge in [0.25, 0.3) is 11.0 Å². The predicted molar refractivity (Wildman–Crippen MR) is 131 cm³/mol. The molecule has 174 valence electrons. The van der Waals surface area contributed by atoms with Crippen LogP contribution in [0.25, 0.3) is 0 Å². The molecule has 5 nitrogen and oxygen atoms in total. The van der Waals surface area contributed by atoms with Gasteiger partial charge in [-0.2, -0.15) is 0 Å². The normalized spacial score (nSPS) is 14.5. The number of aryl methyl sites for hydroxylation is 6. The second-order valence-electron chi connectivity index (χ2n) is 9.13. The fourth-order valence-corrected chi connectivity index (χ4v) is 6.06. The molecule has 0 amide bonds. The third-order valence-electron chi connectivity index (χ3n) is 5.98. The van der Waals surface area contributed by atoms with Gasteiger partial charge in [0.05, 0.1) is 0 Å². The second kappa shape index (κ2) is 10.7. The Bertz CT molecular complexity index is 948. The van der Waals surface area contributed by atoms with Crippen molar-refractivity contribution in [2.45, 2.75) is 79.7 Å². The lowest BCUT2D eigenvalue weighted by atomic mass is 9.97. The Kier molecular flexibility index (Phi) is 8.75. The van der Waals surface area contributed by atoms with Crippen molar-refractivity contribution in [1.29, 1.82) is 0 Å². The SMILES string of the molecule is Cc1cc(C)c(C(=O)P(=O)(O)C(=O)c2c(C)cc(C)cc2C)c(C)c1.NC1CCCCC1. The van der Waals surface area contributed by atoms with Crippen LogP contribution in [0, 0.1) is 41.5 Å². The van der Waals surface area contributed by atoms with E-state index in [2.05, 4.69) is 0 Å². The Labute approximate surface area is 191 Å². The van der Waals surface area contributed by atoms with Gasteiger partial charge in [-0.05, 0) is 76.6 Å². The largest absolute Gasteiger partial charge is 0.337 e. The van der Waals surface area contributed by atoms with Crippen LogP contribution in [0.15, 0.2) is 24.3 Å². The molecule has 0 spiro atoms. The molecule has 0 atom stereocenters. The lowest BCUT2D eigenvalue weighted by molar-refractivity contribution is 0.101. The zero-order valence-corrected chi connectivity index (χ0v) is 21.0. The van der Waals surface area contributed by atoms with Crippen LogP contribution in [0.3, 0.4) is 0 Å². The molecule has 0 unspecified atom stereocenters. The maximum absolute atomic E-state index is 12.8. The smallest absolute Gasteiger partial charge is 0.333 e. The minimum atomic E-state index is -4.73. The first-order valence-corrected chi connectivity index (χ1v) is 12.9. The molecular weight excluding hydrogens is 421 g/mol. The molecule has 3 N–H and O–H groups in total. The van der Waals surface area contributed by atoms with Crippen LogP contribution >= 0.6 is 7.37 Å². The first-order chi connectivity index (χ1) is 14.9. The van der Waals surface area contributed by atoms with Crippen LogP contribution < -0.4 is 5.73 Å². The molecule has 3 rings (SSSR count). The minimum Gasteiger partial charge on any atom is -0.333 e. The second-order valence-corrected chi connectivity index (χ2v) is 11.1. The fraction of sp³-hybridized carbons (Fsp3) is 0.462. The van der Waals surface area contributed by atoms with Crippen molar-refractivity contribution in [3.8, 4) is 0 Å². The van der Waals surface area contributed by atoms with Crippen LogP contribution in [-0.2, 0) is 4.57 Å². The maximum Gasteiger partial charge on any atom is 0.337 e. The molecular formula is C26H36NO4P. The number of carbonyl (C=O) groups excluding carboxylic acids is 2. The van der Waals surface area contributed by atoms with E-state index in [9.17, 15) is 19.0 Å². The lowest BCUT2D eigenvalue weighted by Crippen LogP contribution is -2.22. The van der Waals surface area contributed by atoms with Crippen LogP contribution in [0.5, 0.6) is 0 Å². The van der Waals surface area contributed by atoms with Crippen LogP contribution in [0.1, 0.15) is 86.2 Å². The first kappa shape index (κ1) is 26.2. The maximum atomic E-state index is 12.8. The van der Waals surface area contributed by atoms with E-state index >= 15 is 0 Å². The molecule has 0 bridgehead atoms. The molecule has 1 aliphatic rings. The van der Waals surface area contributed by atoms with E-state index in [1.165, 1.54) is 32.1 Å². The summed E-state index contributed by atoms with van der Waals surface area (Å²) in [6.45, 7) is 10.6. The molecule has 1 saturated carbocycles. The highest BCUT2D eigenvalue weighted by atomic mass is 31.2. The predicted octanol–water partition coefficient (Wildman–Crippen LogP) is 6.07. The van der Waals surface area contributed by atoms with E-state index in [4.69, 9.17) is 5.73 Å². The summed E-state index contributed by atoms with van der Waals surface area (Å²) in [6, 6.07) is 7.62. The number of hydrogen-bond acceptors (Lipinski definition) is 4. The third-order valence-corrected chi connectivity index (χ3v) is 7.53. The number of benzene rings is 2. The summed E-state index contributed by atoms with van der Waals surface area (Å²) < 4.78 is 12.8. The zero-order valence-electron chi connectivity index (χ0n) is 20.1. The quantitative estimate of drug-likeness (QED) is 0.544. The van der Waals surface area contributed by atoms with Crippen molar-refractivity contribution >= 4 is 18.4 Å². The monoisotopic (exact) mass is 457 g/mol. The van der Waals surface area contributed by atoms with Gasteiger partial charge in [0.2, 0.25) is 0 Å². The van der Waals surface area contributed by atoms with Crippen LogP contribution in [0.2, 0.25) is 0 Å². The van der Waals surface area contributed by atoms with E-state index in [1.54, 1.807) is 52.0 Å². The van der Waals surface area contributed by atoms with Gasteiger partial charge in [0.15, 0.2) is 0 Å².